The van der Waals surface area contributed by atoms with Crippen molar-refractivity contribution in [2.45, 2.75) is 135 Å². The first-order valence-corrected chi connectivity index (χ1v) is 20.0. The van der Waals surface area contributed by atoms with E-state index in [0.29, 0.717) is 38.8 Å². The lowest BCUT2D eigenvalue weighted by atomic mass is 9.87. The molecule has 3 rings (SSSR count). The molecule has 7 N–H and O–H groups in total. The first-order valence-electron chi connectivity index (χ1n) is 20.0. The topological polar surface area (TPSA) is 195 Å². The van der Waals surface area contributed by atoms with Gasteiger partial charge in [0.05, 0.1) is 24.7 Å². The number of anilines is 1. The number of nitrogens with two attached hydrogens (primary N) is 1. The fourth-order valence-corrected chi connectivity index (χ4v) is 7.34. The fraction of sp³-hybridized carbons (Fsp3) is 0.725. The zero-order valence-electron chi connectivity index (χ0n) is 33.5. The van der Waals surface area contributed by atoms with Gasteiger partial charge in [-0.3, -0.25) is 24.0 Å². The summed E-state index contributed by atoms with van der Waals surface area (Å²) in [6.07, 6.45) is 4.28. The molecule has 54 heavy (non-hydrogen) atoms. The molecule has 2 aliphatic heterocycles. The SMILES string of the molecule is CCCCCC[C@H]1OC[C@@H](C)NC(=O)[C@H]([C@H](C)O)NC(=O)[C@H](CN)NC(=O)[C@H](C2CCN(c3ccccc3)CC2)NC(=O)[C@H](CC(C)C)N(C)C(=O)[C@@H]1C. The van der Waals surface area contributed by atoms with E-state index < -0.39 is 72.0 Å². The predicted molar refractivity (Wildman–Crippen MR) is 209 cm³/mol. The highest BCUT2D eigenvalue weighted by Crippen LogP contribution is 2.27. The molecule has 304 valence electrons. The minimum Gasteiger partial charge on any atom is -0.391 e. The highest BCUT2D eigenvalue weighted by molar-refractivity contribution is 5.96. The highest BCUT2D eigenvalue weighted by Gasteiger charge is 2.40. The Labute approximate surface area is 322 Å². The number of para-hydroxylation sites is 1. The maximum absolute atomic E-state index is 14.4. The molecular weight excluding hydrogens is 690 g/mol. The lowest BCUT2D eigenvalue weighted by Crippen LogP contribution is -2.63. The maximum Gasteiger partial charge on any atom is 0.245 e. The first kappa shape index (κ1) is 44.6. The van der Waals surface area contributed by atoms with E-state index >= 15 is 0 Å². The van der Waals surface area contributed by atoms with Crippen molar-refractivity contribution in [3.63, 3.8) is 0 Å². The molecule has 14 heteroatoms. The summed E-state index contributed by atoms with van der Waals surface area (Å²) in [5, 5.41) is 21.6. The Kier molecular flexibility index (Phi) is 18.2. The number of carbonyl (C=O) groups is 5. The van der Waals surface area contributed by atoms with Crippen LogP contribution in [0.15, 0.2) is 30.3 Å². The van der Waals surface area contributed by atoms with Crippen molar-refractivity contribution in [1.29, 1.82) is 0 Å². The number of hydrogen-bond donors (Lipinski definition) is 6. The van der Waals surface area contributed by atoms with Crippen molar-refractivity contribution >= 4 is 35.2 Å². The number of likely N-dealkylation sites (N-methyl/N-ethyl adjacent to an activating group) is 1. The summed E-state index contributed by atoms with van der Waals surface area (Å²) in [6.45, 7) is 12.1. The van der Waals surface area contributed by atoms with Crippen LogP contribution in [-0.2, 0) is 28.7 Å². The van der Waals surface area contributed by atoms with Crippen molar-refractivity contribution in [1.82, 2.24) is 26.2 Å². The molecule has 0 bridgehead atoms. The van der Waals surface area contributed by atoms with Gasteiger partial charge in [0, 0.05) is 38.4 Å². The van der Waals surface area contributed by atoms with Gasteiger partial charge in [-0.05, 0) is 63.5 Å². The average Bonchev–Trinajstić information content (AvgIpc) is 3.15. The number of carbonyl (C=O) groups excluding carboxylic acids is 5. The van der Waals surface area contributed by atoms with Crippen LogP contribution in [0, 0.1) is 17.8 Å². The molecule has 5 amide bonds. The summed E-state index contributed by atoms with van der Waals surface area (Å²) >= 11 is 0. The maximum atomic E-state index is 14.4. The number of aliphatic hydroxyl groups is 1. The number of benzene rings is 1. The normalized spacial score (nSPS) is 28.3. The van der Waals surface area contributed by atoms with Gasteiger partial charge >= 0.3 is 0 Å². The minimum atomic E-state index is -1.35. The van der Waals surface area contributed by atoms with Gasteiger partial charge in [-0.25, -0.2) is 0 Å². The highest BCUT2D eigenvalue weighted by atomic mass is 16.5. The molecule has 2 saturated heterocycles. The van der Waals surface area contributed by atoms with Gasteiger partial charge in [-0.2, -0.15) is 0 Å². The van der Waals surface area contributed by atoms with Crippen molar-refractivity contribution < 1.29 is 33.8 Å². The van der Waals surface area contributed by atoms with E-state index in [4.69, 9.17) is 10.5 Å². The molecule has 2 fully saturated rings. The van der Waals surface area contributed by atoms with Crippen LogP contribution >= 0.6 is 0 Å². The Balaban J connectivity index is 2.01. The molecule has 0 aromatic heterocycles. The quantitative estimate of drug-likeness (QED) is 0.183. The van der Waals surface area contributed by atoms with E-state index in [9.17, 15) is 29.1 Å². The summed E-state index contributed by atoms with van der Waals surface area (Å²) in [5.74, 6) is -3.54. The fourth-order valence-electron chi connectivity index (χ4n) is 7.34. The van der Waals surface area contributed by atoms with Crippen LogP contribution in [0.25, 0.3) is 0 Å². The van der Waals surface area contributed by atoms with E-state index in [1.807, 2.05) is 51.1 Å². The molecule has 1 aromatic carbocycles. The zero-order valence-corrected chi connectivity index (χ0v) is 33.5. The van der Waals surface area contributed by atoms with Crippen LogP contribution in [0.1, 0.15) is 92.9 Å². The molecule has 0 unspecified atom stereocenters. The molecule has 14 nitrogen and oxygen atoms in total. The number of piperidine rings is 1. The smallest absolute Gasteiger partial charge is 0.245 e. The van der Waals surface area contributed by atoms with E-state index in [2.05, 4.69) is 33.1 Å². The van der Waals surface area contributed by atoms with E-state index in [0.717, 1.165) is 31.4 Å². The number of unbranched alkanes of at least 4 members (excludes halogenated alkanes) is 3. The van der Waals surface area contributed by atoms with Crippen LogP contribution in [0.4, 0.5) is 5.69 Å². The van der Waals surface area contributed by atoms with Crippen molar-refractivity contribution in [2.75, 3.05) is 38.2 Å². The average molecular weight is 758 g/mol. The third-order valence-electron chi connectivity index (χ3n) is 10.7. The van der Waals surface area contributed by atoms with Gasteiger partial charge in [-0.1, -0.05) is 71.6 Å². The van der Waals surface area contributed by atoms with Crippen LogP contribution in [-0.4, -0.2) is 115 Å². The molecule has 2 aliphatic rings. The third kappa shape index (κ3) is 12.9. The number of aliphatic hydroxyl groups excluding tert-OH is 1. The van der Waals surface area contributed by atoms with Crippen LogP contribution in [0.3, 0.4) is 0 Å². The number of hydrogen-bond acceptors (Lipinski definition) is 9. The largest absolute Gasteiger partial charge is 0.391 e. The summed E-state index contributed by atoms with van der Waals surface area (Å²) in [7, 11) is 1.63. The summed E-state index contributed by atoms with van der Waals surface area (Å²) in [5.41, 5.74) is 7.06. The van der Waals surface area contributed by atoms with Crippen molar-refractivity contribution in [3.8, 4) is 0 Å². The number of nitrogens with one attached hydrogen (secondary N) is 4. The van der Waals surface area contributed by atoms with Crippen molar-refractivity contribution in [3.05, 3.63) is 30.3 Å². The van der Waals surface area contributed by atoms with Crippen LogP contribution < -0.4 is 31.9 Å². The number of amides is 5. The number of nitrogens with zero attached hydrogens (tertiary/aromatic N) is 2. The van der Waals surface area contributed by atoms with Crippen LogP contribution in [0.2, 0.25) is 0 Å². The van der Waals surface area contributed by atoms with Gasteiger partial charge < -0.3 is 46.6 Å². The molecule has 0 spiro atoms. The minimum absolute atomic E-state index is 0.0482. The molecular formula is C40H67N7O7. The Morgan fingerprint density at radius 3 is 2.13 bits per heavy atom. The summed E-state index contributed by atoms with van der Waals surface area (Å²) < 4.78 is 6.34. The molecule has 8 atom stereocenters. The Morgan fingerprint density at radius 1 is 0.870 bits per heavy atom. The lowest BCUT2D eigenvalue weighted by Gasteiger charge is -2.38. The molecule has 0 aliphatic carbocycles. The first-order chi connectivity index (χ1) is 25.7. The lowest BCUT2D eigenvalue weighted by molar-refractivity contribution is -0.147. The second kappa shape index (κ2) is 22.0. The molecule has 2 heterocycles. The standard InChI is InChI=1S/C40H67N7O7/c1-8-9-10-14-17-33-27(5)40(53)46(7)32(22-25(2)3)37(50)45-35(29-18-20-47(21-19-29)30-15-12-11-13-16-30)39(52)43-31(23-41)36(49)44-34(28(6)48)38(51)42-26(4)24-54-33/h11-13,15-16,25-29,31-35,48H,8-10,14,17-24,41H2,1-7H3,(H,42,51)(H,43,52)(H,44,49)(H,45,50)/t26-,27-,28+,31+,32+,33-,34+,35+/m1/s1. The second-order valence-corrected chi connectivity index (χ2v) is 15.7. The number of rotatable bonds is 11. The molecule has 1 aromatic rings. The third-order valence-corrected chi connectivity index (χ3v) is 10.7. The molecule has 0 radical (unpaired) electrons. The predicted octanol–water partition coefficient (Wildman–Crippen LogP) is 2.08. The van der Waals surface area contributed by atoms with Gasteiger partial charge in [0.1, 0.15) is 24.2 Å². The van der Waals surface area contributed by atoms with Crippen molar-refractivity contribution in [2.24, 2.45) is 23.5 Å². The zero-order chi connectivity index (χ0) is 39.9. The van der Waals surface area contributed by atoms with E-state index in [-0.39, 0.29) is 30.9 Å². The second-order valence-electron chi connectivity index (χ2n) is 15.7. The van der Waals surface area contributed by atoms with E-state index in [1.54, 1.807) is 14.0 Å². The summed E-state index contributed by atoms with van der Waals surface area (Å²) in [6, 6.07) is 4.91. The van der Waals surface area contributed by atoms with Gasteiger partial charge in [-0.15, -0.1) is 0 Å². The van der Waals surface area contributed by atoms with E-state index in [1.165, 1.54) is 11.8 Å². The summed E-state index contributed by atoms with van der Waals surface area (Å²) in [4.78, 5) is 73.4. The number of ether oxygens (including phenoxy) is 1. The Hall–Kier alpha value is -3.75. The Bertz CT molecular complexity index is 1360. The van der Waals surface area contributed by atoms with Gasteiger partial charge in [0.15, 0.2) is 0 Å². The Morgan fingerprint density at radius 2 is 1.54 bits per heavy atom. The van der Waals surface area contributed by atoms with Gasteiger partial charge in [0.25, 0.3) is 0 Å². The monoisotopic (exact) mass is 758 g/mol. The van der Waals surface area contributed by atoms with Crippen LogP contribution in [0.5, 0.6) is 0 Å². The van der Waals surface area contributed by atoms with Gasteiger partial charge in [0.2, 0.25) is 29.5 Å². The molecule has 0 saturated carbocycles.